The molecular formula is C24H24ClFN2O5S. The Morgan fingerprint density at radius 1 is 1.15 bits per heavy atom. The molecule has 0 aliphatic heterocycles. The van der Waals surface area contributed by atoms with Crippen LogP contribution in [0.15, 0.2) is 59.8 Å². The highest BCUT2D eigenvalue weighted by molar-refractivity contribution is 7.92. The maximum absolute atomic E-state index is 14.0. The van der Waals surface area contributed by atoms with Gasteiger partial charge in [0.25, 0.3) is 10.0 Å². The Balaban J connectivity index is 2.09. The number of halogens is 2. The number of sulfonamides is 1. The molecule has 0 bridgehead atoms. The van der Waals surface area contributed by atoms with Gasteiger partial charge in [-0.3, -0.25) is 9.71 Å². The molecular weight excluding hydrogens is 483 g/mol. The van der Waals surface area contributed by atoms with Gasteiger partial charge in [-0.15, -0.1) is 0 Å². The molecule has 0 aliphatic carbocycles. The van der Waals surface area contributed by atoms with E-state index in [1.807, 2.05) is 0 Å². The molecule has 7 nitrogen and oxygen atoms in total. The van der Waals surface area contributed by atoms with Crippen LogP contribution in [-0.4, -0.2) is 31.6 Å². The zero-order chi connectivity index (χ0) is 25.1. The molecule has 0 saturated heterocycles. The van der Waals surface area contributed by atoms with Gasteiger partial charge in [-0.25, -0.2) is 17.6 Å². The van der Waals surface area contributed by atoms with Crippen LogP contribution in [-0.2, 0) is 19.6 Å². The Hall–Kier alpha value is -3.17. The Kier molecular flexibility index (Phi) is 7.48. The molecule has 1 N–H and O–H groups in total. The van der Waals surface area contributed by atoms with Crippen LogP contribution in [0.2, 0.25) is 5.02 Å². The lowest BCUT2D eigenvalue weighted by Gasteiger charge is -2.25. The minimum atomic E-state index is -4.06. The first-order chi connectivity index (χ1) is 15.9. The van der Waals surface area contributed by atoms with E-state index in [-0.39, 0.29) is 28.0 Å². The van der Waals surface area contributed by atoms with Crippen molar-refractivity contribution in [3.63, 3.8) is 0 Å². The zero-order valence-electron chi connectivity index (χ0n) is 19.1. The number of carbonyl (C=O) groups is 1. The monoisotopic (exact) mass is 506 g/mol. The van der Waals surface area contributed by atoms with Crippen molar-refractivity contribution in [3.8, 4) is 16.9 Å². The molecule has 34 heavy (non-hydrogen) atoms. The van der Waals surface area contributed by atoms with Crippen molar-refractivity contribution < 1.29 is 27.1 Å². The molecule has 180 valence electrons. The first kappa shape index (κ1) is 25.5. The van der Waals surface area contributed by atoms with Crippen LogP contribution in [0.1, 0.15) is 26.3 Å². The van der Waals surface area contributed by atoms with Crippen molar-refractivity contribution in [3.05, 3.63) is 71.3 Å². The molecule has 0 saturated carbocycles. The number of nitrogens with one attached hydrogen (secondary N) is 1. The van der Waals surface area contributed by atoms with Gasteiger partial charge in [0.15, 0.2) is 5.60 Å². The van der Waals surface area contributed by atoms with Gasteiger partial charge in [0.1, 0.15) is 16.5 Å². The standard InChI is InChI=1S/C24H24ClFN2O5S/c1-5-32-23(29)24(3,4)33-19-6-7-21(16-9-17(25)11-18(26)10-16)22(12-19)28-34(30,31)20-8-15(2)13-27-14-20/h6-14,28H,5H2,1-4H3. The smallest absolute Gasteiger partial charge is 0.349 e. The molecule has 0 atom stereocenters. The van der Waals surface area contributed by atoms with E-state index in [4.69, 9.17) is 21.1 Å². The minimum absolute atomic E-state index is 0.0473. The molecule has 0 unspecified atom stereocenters. The normalized spacial score (nSPS) is 11.7. The number of hydrogen-bond acceptors (Lipinski definition) is 6. The van der Waals surface area contributed by atoms with E-state index >= 15 is 0 Å². The van der Waals surface area contributed by atoms with Crippen LogP contribution in [0.5, 0.6) is 5.75 Å². The number of benzene rings is 2. The summed E-state index contributed by atoms with van der Waals surface area (Å²) in [6, 6.07) is 9.86. The summed E-state index contributed by atoms with van der Waals surface area (Å²) in [5.41, 5.74) is 0.123. The summed E-state index contributed by atoms with van der Waals surface area (Å²) in [4.78, 5) is 16.1. The summed E-state index contributed by atoms with van der Waals surface area (Å²) in [5, 5.41) is 0.149. The topological polar surface area (TPSA) is 94.6 Å². The first-order valence-corrected chi connectivity index (χ1v) is 12.2. The van der Waals surface area contributed by atoms with Gasteiger partial charge in [0.05, 0.1) is 12.3 Å². The molecule has 0 fully saturated rings. The molecule has 0 spiro atoms. The van der Waals surface area contributed by atoms with Crippen molar-refractivity contribution in [2.24, 2.45) is 0 Å². The number of aromatic nitrogens is 1. The molecule has 1 heterocycles. The largest absolute Gasteiger partial charge is 0.476 e. The van der Waals surface area contributed by atoms with Crippen LogP contribution in [0.25, 0.3) is 11.1 Å². The lowest BCUT2D eigenvalue weighted by molar-refractivity contribution is -0.158. The van der Waals surface area contributed by atoms with E-state index in [0.29, 0.717) is 16.7 Å². The molecule has 3 rings (SSSR count). The number of carbonyl (C=O) groups excluding carboxylic acids is 1. The van der Waals surface area contributed by atoms with Crippen LogP contribution >= 0.6 is 11.6 Å². The second-order valence-corrected chi connectivity index (χ2v) is 10.1. The van der Waals surface area contributed by atoms with E-state index in [2.05, 4.69) is 9.71 Å². The highest BCUT2D eigenvalue weighted by Gasteiger charge is 2.32. The van der Waals surface area contributed by atoms with E-state index in [1.54, 1.807) is 26.0 Å². The van der Waals surface area contributed by atoms with Crippen LogP contribution in [0.3, 0.4) is 0 Å². The number of pyridine rings is 1. The SMILES string of the molecule is CCOC(=O)C(C)(C)Oc1ccc(-c2cc(F)cc(Cl)c2)c(NS(=O)(=O)c2cncc(C)c2)c1. The molecule has 0 radical (unpaired) electrons. The van der Waals surface area contributed by atoms with Gasteiger partial charge in [0, 0.05) is 29.0 Å². The Labute approximate surface area is 202 Å². The van der Waals surface area contributed by atoms with Crippen molar-refractivity contribution in [1.29, 1.82) is 0 Å². The van der Waals surface area contributed by atoms with Crippen molar-refractivity contribution >= 4 is 33.3 Å². The van der Waals surface area contributed by atoms with Crippen molar-refractivity contribution in [2.75, 3.05) is 11.3 Å². The van der Waals surface area contributed by atoms with Gasteiger partial charge < -0.3 is 9.47 Å². The minimum Gasteiger partial charge on any atom is -0.476 e. The van der Waals surface area contributed by atoms with E-state index in [0.717, 1.165) is 6.07 Å². The number of esters is 1. The number of rotatable bonds is 8. The second kappa shape index (κ2) is 9.99. The summed E-state index contributed by atoms with van der Waals surface area (Å²) in [5.74, 6) is -0.962. The fourth-order valence-electron chi connectivity index (χ4n) is 3.15. The van der Waals surface area contributed by atoms with Crippen molar-refractivity contribution in [1.82, 2.24) is 4.98 Å². The molecule has 3 aromatic rings. The first-order valence-electron chi connectivity index (χ1n) is 10.3. The van der Waals surface area contributed by atoms with E-state index in [1.165, 1.54) is 50.5 Å². The third-order valence-corrected chi connectivity index (χ3v) is 6.26. The summed E-state index contributed by atoms with van der Waals surface area (Å²) < 4.78 is 53.6. The molecule has 2 aromatic carbocycles. The highest BCUT2D eigenvalue weighted by atomic mass is 35.5. The fraction of sp³-hybridized carbons (Fsp3) is 0.250. The molecule has 0 amide bonds. The van der Waals surface area contributed by atoms with E-state index in [9.17, 15) is 17.6 Å². The second-order valence-electron chi connectivity index (χ2n) is 8.00. The third kappa shape index (κ3) is 6.03. The summed E-state index contributed by atoms with van der Waals surface area (Å²) in [7, 11) is -4.06. The molecule has 0 aliphatic rings. The number of anilines is 1. The quantitative estimate of drug-likeness (QED) is 0.413. The van der Waals surface area contributed by atoms with Gasteiger partial charge in [0.2, 0.25) is 0 Å². The Bertz CT molecular complexity index is 1310. The predicted molar refractivity (Wildman–Crippen MR) is 128 cm³/mol. The van der Waals surface area contributed by atoms with Crippen LogP contribution in [0, 0.1) is 12.7 Å². The van der Waals surface area contributed by atoms with Crippen LogP contribution in [0.4, 0.5) is 10.1 Å². The fourth-order valence-corrected chi connectivity index (χ4v) is 4.49. The van der Waals surface area contributed by atoms with Gasteiger partial charge >= 0.3 is 5.97 Å². The van der Waals surface area contributed by atoms with Crippen molar-refractivity contribution in [2.45, 2.75) is 38.2 Å². The summed E-state index contributed by atoms with van der Waals surface area (Å²) in [6.07, 6.45) is 2.75. The van der Waals surface area contributed by atoms with E-state index < -0.39 is 27.4 Å². The average Bonchev–Trinajstić information content (AvgIpc) is 2.73. The highest BCUT2D eigenvalue weighted by Crippen LogP contribution is 2.36. The van der Waals surface area contributed by atoms with Gasteiger partial charge in [-0.05, 0) is 75.2 Å². The van der Waals surface area contributed by atoms with Crippen LogP contribution < -0.4 is 9.46 Å². The number of aryl methyl sites for hydroxylation is 1. The summed E-state index contributed by atoms with van der Waals surface area (Å²) in [6.45, 7) is 6.65. The predicted octanol–water partition coefficient (Wildman–Crippen LogP) is 5.37. The van der Waals surface area contributed by atoms with Gasteiger partial charge in [-0.1, -0.05) is 11.6 Å². The summed E-state index contributed by atoms with van der Waals surface area (Å²) >= 11 is 6.02. The average molecular weight is 507 g/mol. The third-order valence-electron chi connectivity index (χ3n) is 4.71. The lowest BCUT2D eigenvalue weighted by atomic mass is 10.0. The zero-order valence-corrected chi connectivity index (χ0v) is 20.6. The lowest BCUT2D eigenvalue weighted by Crippen LogP contribution is -2.39. The Morgan fingerprint density at radius 3 is 2.53 bits per heavy atom. The Morgan fingerprint density at radius 2 is 1.88 bits per heavy atom. The molecule has 10 heteroatoms. The number of nitrogens with zero attached hydrogens (tertiary/aromatic N) is 1. The molecule has 1 aromatic heterocycles. The van der Waals surface area contributed by atoms with Gasteiger partial charge in [-0.2, -0.15) is 0 Å². The maximum atomic E-state index is 14.0. The maximum Gasteiger partial charge on any atom is 0.349 e. The number of hydrogen-bond donors (Lipinski definition) is 1. The number of ether oxygens (including phenoxy) is 2.